The van der Waals surface area contributed by atoms with Crippen LogP contribution in [0.5, 0.6) is 0 Å². The molecule has 1 saturated heterocycles. The van der Waals surface area contributed by atoms with Crippen LogP contribution in [0, 0.1) is 0 Å². The van der Waals surface area contributed by atoms with Gasteiger partial charge in [0.1, 0.15) is 6.04 Å². The third kappa shape index (κ3) is 5.42. The molecular formula is C25H22ClF3N6O2S. The Bertz CT molecular complexity index is 1490. The van der Waals surface area contributed by atoms with Crippen LogP contribution < -0.4 is 10.6 Å². The zero-order valence-electron chi connectivity index (χ0n) is 20.1. The number of hydrogen-bond acceptors (Lipinski definition) is 6. The van der Waals surface area contributed by atoms with Gasteiger partial charge in [-0.3, -0.25) is 14.3 Å². The number of thioether (sulfide) groups is 1. The zero-order chi connectivity index (χ0) is 27.0. The number of piperazine rings is 1. The Morgan fingerprint density at radius 2 is 2.11 bits per heavy atom. The second-order valence-electron chi connectivity index (χ2n) is 8.80. The third-order valence-corrected chi connectivity index (χ3v) is 7.56. The van der Waals surface area contributed by atoms with Gasteiger partial charge >= 0.3 is 6.18 Å². The Balaban J connectivity index is 1.33. The van der Waals surface area contributed by atoms with E-state index in [1.165, 1.54) is 28.6 Å². The minimum atomic E-state index is -4.54. The quantitative estimate of drug-likeness (QED) is 0.471. The van der Waals surface area contributed by atoms with E-state index in [1.54, 1.807) is 31.5 Å². The number of benzene rings is 2. The summed E-state index contributed by atoms with van der Waals surface area (Å²) in [7, 11) is 1.58. The summed E-state index contributed by atoms with van der Waals surface area (Å²) in [6.45, 7) is 1.53. The molecular weight excluding hydrogens is 541 g/mol. The molecule has 2 N–H and O–H groups in total. The van der Waals surface area contributed by atoms with Crippen LogP contribution in [0.3, 0.4) is 0 Å². The van der Waals surface area contributed by atoms with Gasteiger partial charge in [-0.15, -0.1) is 0 Å². The van der Waals surface area contributed by atoms with Crippen molar-refractivity contribution in [3.8, 4) is 0 Å². The molecule has 5 rings (SSSR count). The third-order valence-electron chi connectivity index (χ3n) is 6.28. The van der Waals surface area contributed by atoms with E-state index in [0.29, 0.717) is 40.6 Å². The predicted molar refractivity (Wildman–Crippen MR) is 141 cm³/mol. The second kappa shape index (κ2) is 10.4. The number of aliphatic imine (C=N–C) groups is 1. The van der Waals surface area contributed by atoms with Crippen molar-refractivity contribution >= 4 is 57.3 Å². The lowest BCUT2D eigenvalue weighted by molar-refractivity contribution is -0.138. The number of aromatic nitrogens is 2. The highest BCUT2D eigenvalue weighted by Crippen LogP contribution is 2.35. The maximum absolute atomic E-state index is 13.5. The van der Waals surface area contributed by atoms with Crippen LogP contribution >= 0.6 is 23.4 Å². The molecule has 0 spiro atoms. The molecule has 8 nitrogen and oxygen atoms in total. The summed E-state index contributed by atoms with van der Waals surface area (Å²) in [5.74, 6) is -0.488. The maximum Gasteiger partial charge on any atom is 0.416 e. The van der Waals surface area contributed by atoms with E-state index in [4.69, 9.17) is 11.6 Å². The molecule has 38 heavy (non-hydrogen) atoms. The van der Waals surface area contributed by atoms with E-state index in [9.17, 15) is 22.8 Å². The Morgan fingerprint density at radius 3 is 2.87 bits per heavy atom. The monoisotopic (exact) mass is 562 g/mol. The van der Waals surface area contributed by atoms with Gasteiger partial charge < -0.3 is 15.5 Å². The molecule has 1 unspecified atom stereocenters. The van der Waals surface area contributed by atoms with E-state index in [-0.39, 0.29) is 35.0 Å². The normalized spacial score (nSPS) is 19.3. The molecule has 2 amide bonds. The second-order valence-corrected chi connectivity index (χ2v) is 10.2. The molecule has 3 heterocycles. The van der Waals surface area contributed by atoms with Crippen molar-refractivity contribution in [3.05, 3.63) is 69.2 Å². The number of hydrogen-bond donors (Lipinski definition) is 2. The maximum atomic E-state index is 13.5. The van der Waals surface area contributed by atoms with Gasteiger partial charge in [-0.25, -0.2) is 0 Å². The van der Waals surface area contributed by atoms with Gasteiger partial charge in [-0.2, -0.15) is 23.3 Å². The van der Waals surface area contributed by atoms with Crippen molar-refractivity contribution in [2.24, 2.45) is 4.99 Å². The highest BCUT2D eigenvalue weighted by atomic mass is 35.5. The van der Waals surface area contributed by atoms with E-state index in [2.05, 4.69) is 20.7 Å². The lowest BCUT2D eigenvalue weighted by atomic mass is 10.1. The number of halogens is 4. The fraction of sp³-hybridized carbons (Fsp3) is 0.280. The number of amidine groups is 1. The molecule has 1 fully saturated rings. The molecule has 3 aromatic rings. The smallest absolute Gasteiger partial charge is 0.358 e. The Labute approximate surface area is 224 Å². The first-order valence-electron chi connectivity index (χ1n) is 11.7. The summed E-state index contributed by atoms with van der Waals surface area (Å²) in [6, 6.07) is 8.65. The summed E-state index contributed by atoms with van der Waals surface area (Å²) in [5, 5.41) is 11.3. The van der Waals surface area contributed by atoms with E-state index in [0.717, 1.165) is 11.6 Å². The number of nitrogens with one attached hydrogen (secondary N) is 2. The van der Waals surface area contributed by atoms with Crippen LogP contribution in [-0.2, 0) is 22.3 Å². The number of amides is 2. The summed E-state index contributed by atoms with van der Waals surface area (Å²) < 4.78 is 42.0. The van der Waals surface area contributed by atoms with Gasteiger partial charge in [0.15, 0.2) is 5.17 Å². The van der Waals surface area contributed by atoms with Crippen LogP contribution in [0.1, 0.15) is 16.7 Å². The average molecular weight is 563 g/mol. The topological polar surface area (TPSA) is 91.6 Å². The van der Waals surface area contributed by atoms with Crippen LogP contribution in [-0.4, -0.2) is 64.4 Å². The minimum absolute atomic E-state index is 0.0128. The molecule has 2 aliphatic heterocycles. The first-order chi connectivity index (χ1) is 18.1. The molecule has 198 valence electrons. The molecule has 1 aromatic heterocycles. The van der Waals surface area contributed by atoms with Crippen molar-refractivity contribution in [2.45, 2.75) is 18.8 Å². The lowest BCUT2D eigenvalue weighted by Crippen LogP contribution is -2.57. The number of alkyl halides is 3. The van der Waals surface area contributed by atoms with E-state index >= 15 is 0 Å². The fourth-order valence-corrected chi connectivity index (χ4v) is 5.51. The highest BCUT2D eigenvalue weighted by molar-refractivity contribution is 8.18. The largest absolute Gasteiger partial charge is 0.416 e. The van der Waals surface area contributed by atoms with Crippen molar-refractivity contribution < 1.29 is 22.8 Å². The number of likely N-dealkylation sites (N-methyl/N-ethyl adjacent to an activating group) is 1. The number of rotatable bonds is 4. The molecule has 0 radical (unpaired) electrons. The number of fused-ring (bicyclic) bond motifs is 1. The number of nitrogens with zero attached hydrogens (tertiary/aromatic N) is 4. The average Bonchev–Trinajstić information content (AvgIpc) is 3.46. The van der Waals surface area contributed by atoms with Gasteiger partial charge in [0, 0.05) is 37.1 Å². The van der Waals surface area contributed by atoms with Crippen LogP contribution in [0.25, 0.3) is 17.0 Å². The van der Waals surface area contributed by atoms with Crippen LogP contribution in [0.2, 0.25) is 5.02 Å². The molecule has 0 bridgehead atoms. The van der Waals surface area contributed by atoms with Crippen molar-refractivity contribution in [1.82, 2.24) is 25.3 Å². The minimum Gasteiger partial charge on any atom is -0.358 e. The van der Waals surface area contributed by atoms with Crippen molar-refractivity contribution in [3.63, 3.8) is 0 Å². The number of carbonyl (C=O) groups excluding carboxylic acids is 2. The number of carbonyl (C=O) groups is 2. The van der Waals surface area contributed by atoms with Crippen LogP contribution in [0.15, 0.2) is 52.5 Å². The summed E-state index contributed by atoms with van der Waals surface area (Å²) >= 11 is 7.04. The summed E-state index contributed by atoms with van der Waals surface area (Å²) in [4.78, 5) is 31.1. The van der Waals surface area contributed by atoms with Crippen molar-refractivity contribution in [2.75, 3.05) is 26.7 Å². The van der Waals surface area contributed by atoms with Gasteiger partial charge in [0.05, 0.1) is 28.7 Å². The first-order valence-corrected chi connectivity index (χ1v) is 12.9. The predicted octanol–water partition coefficient (Wildman–Crippen LogP) is 3.75. The van der Waals surface area contributed by atoms with Gasteiger partial charge in [-0.1, -0.05) is 23.7 Å². The van der Waals surface area contributed by atoms with Gasteiger partial charge in [0.25, 0.3) is 5.91 Å². The molecule has 0 aliphatic carbocycles. The lowest BCUT2D eigenvalue weighted by Gasteiger charge is -2.33. The van der Waals surface area contributed by atoms with E-state index < -0.39 is 11.7 Å². The Kier molecular flexibility index (Phi) is 7.21. The summed E-state index contributed by atoms with van der Waals surface area (Å²) in [6.07, 6.45) is -1.24. The molecule has 1 atom stereocenters. The molecule has 13 heteroatoms. The Morgan fingerprint density at radius 1 is 1.29 bits per heavy atom. The first kappa shape index (κ1) is 26.3. The van der Waals surface area contributed by atoms with E-state index in [1.807, 2.05) is 11.0 Å². The van der Waals surface area contributed by atoms with Crippen LogP contribution in [0.4, 0.5) is 13.2 Å². The van der Waals surface area contributed by atoms with Crippen molar-refractivity contribution in [1.29, 1.82) is 0 Å². The Hall–Kier alpha value is -3.35. The molecule has 2 aromatic carbocycles. The standard InChI is InChI=1S/C25H22ClF3N6O2S/c1-30-22(36)19-13-34(7-6-31-19)24-33-23(37)21(38-24)9-14-2-5-20-16(8-14)11-32-35(20)12-15-3-4-17(26)10-18(15)25(27,28)29/h2-5,8-11,19,31H,6-7,12-13H2,1H3,(H,30,36). The SMILES string of the molecule is CNC(=O)C1CN(C2=NC(=O)C(=Cc3ccc4c(cnn4Cc4ccc(Cl)cc4C(F)(F)F)c3)S2)CCN1. The fourth-order valence-electron chi connectivity index (χ4n) is 4.39. The highest BCUT2D eigenvalue weighted by Gasteiger charge is 2.34. The molecule has 2 aliphatic rings. The summed E-state index contributed by atoms with van der Waals surface area (Å²) in [5.41, 5.74) is 0.644. The van der Waals surface area contributed by atoms with Gasteiger partial charge in [-0.05, 0) is 53.2 Å². The zero-order valence-corrected chi connectivity index (χ0v) is 21.6. The van der Waals surface area contributed by atoms with Gasteiger partial charge in [0.2, 0.25) is 5.91 Å². The molecule has 0 saturated carbocycles.